The molecule has 5 nitrogen and oxygen atoms in total. The van der Waals surface area contributed by atoms with Gasteiger partial charge in [0, 0.05) is 30.9 Å². The molecule has 0 saturated heterocycles. The number of phenols is 1. The zero-order valence-corrected chi connectivity index (χ0v) is 18.2. The van der Waals surface area contributed by atoms with Crippen molar-refractivity contribution in [2.45, 2.75) is 75.5 Å². The Kier molecular flexibility index (Phi) is 5.63. The number of phenolic OH excluding ortho intramolecular Hbond substituents is 1. The van der Waals surface area contributed by atoms with Crippen LogP contribution in [0.15, 0.2) is 12.1 Å². The van der Waals surface area contributed by atoms with Gasteiger partial charge in [-0.25, -0.2) is 17.6 Å². The van der Waals surface area contributed by atoms with Crippen LogP contribution in [-0.4, -0.2) is 34.6 Å². The van der Waals surface area contributed by atoms with Crippen molar-refractivity contribution in [2.24, 2.45) is 11.3 Å². The number of carbonyl (C=O) groups is 2. The Bertz CT molecular complexity index is 949. The van der Waals surface area contributed by atoms with Gasteiger partial charge in [0.05, 0.1) is 17.1 Å². The van der Waals surface area contributed by atoms with E-state index < -0.39 is 59.1 Å². The van der Waals surface area contributed by atoms with Gasteiger partial charge in [0.2, 0.25) is 11.8 Å². The maximum Gasteiger partial charge on any atom is 0.268 e. The summed E-state index contributed by atoms with van der Waals surface area (Å²) in [5.74, 6) is -6.90. The average molecular weight is 477 g/mol. The number of benzene rings is 1. The van der Waals surface area contributed by atoms with Crippen molar-refractivity contribution in [3.8, 4) is 5.75 Å². The maximum absolute atomic E-state index is 15.0. The van der Waals surface area contributed by atoms with Crippen molar-refractivity contribution in [1.82, 2.24) is 10.6 Å². The number of hydrogen-bond acceptors (Lipinski definition) is 3. The quantitative estimate of drug-likeness (QED) is 0.545. The number of alkyl halides is 3. The van der Waals surface area contributed by atoms with Gasteiger partial charge in [-0.3, -0.25) is 9.59 Å². The highest BCUT2D eigenvalue weighted by Crippen LogP contribution is 2.63. The molecular weight excluding hydrogens is 452 g/mol. The van der Waals surface area contributed by atoms with Crippen LogP contribution in [0.2, 0.25) is 5.02 Å². The van der Waals surface area contributed by atoms with Crippen molar-refractivity contribution in [3.05, 3.63) is 28.5 Å². The first-order chi connectivity index (χ1) is 14.8. The molecule has 0 aliphatic heterocycles. The van der Waals surface area contributed by atoms with Crippen molar-refractivity contribution >= 4 is 23.4 Å². The fourth-order valence-corrected chi connectivity index (χ4v) is 6.04. The summed E-state index contributed by atoms with van der Waals surface area (Å²) >= 11 is 5.90. The summed E-state index contributed by atoms with van der Waals surface area (Å²) in [6.07, 6.45) is 0.369. The number of fused-ring (bicyclic) bond motifs is 2. The molecule has 3 atom stereocenters. The third-order valence-electron chi connectivity index (χ3n) is 7.36. The van der Waals surface area contributed by atoms with Gasteiger partial charge in [-0.15, -0.1) is 0 Å². The molecule has 3 aliphatic carbocycles. The van der Waals surface area contributed by atoms with Gasteiger partial charge < -0.3 is 15.7 Å². The summed E-state index contributed by atoms with van der Waals surface area (Å²) in [6.45, 7) is 1.12. The molecule has 3 aliphatic rings. The van der Waals surface area contributed by atoms with Crippen LogP contribution in [0.1, 0.15) is 63.5 Å². The van der Waals surface area contributed by atoms with Crippen molar-refractivity contribution in [3.63, 3.8) is 0 Å². The van der Waals surface area contributed by atoms with E-state index >= 15 is 4.39 Å². The summed E-state index contributed by atoms with van der Waals surface area (Å²) in [5, 5.41) is 14.5. The molecule has 0 radical (unpaired) electrons. The lowest BCUT2D eigenvalue weighted by Crippen LogP contribution is -2.43. The minimum Gasteiger partial charge on any atom is -0.508 e. The third-order valence-corrected chi connectivity index (χ3v) is 7.63. The second-order valence-electron chi connectivity index (χ2n) is 9.61. The molecule has 3 saturated carbocycles. The van der Waals surface area contributed by atoms with Crippen LogP contribution in [0, 0.1) is 17.2 Å². The van der Waals surface area contributed by atoms with Crippen LogP contribution in [-0.2, 0) is 9.59 Å². The first-order valence-electron chi connectivity index (χ1n) is 10.7. The Hall–Kier alpha value is -2.03. The molecular formula is C22H25ClF4N2O3. The predicted molar refractivity (Wildman–Crippen MR) is 109 cm³/mol. The smallest absolute Gasteiger partial charge is 0.268 e. The molecule has 176 valence electrons. The number of halogens is 5. The summed E-state index contributed by atoms with van der Waals surface area (Å²) in [4.78, 5) is 24.3. The molecule has 4 rings (SSSR count). The van der Waals surface area contributed by atoms with Gasteiger partial charge in [-0.05, 0) is 50.0 Å². The van der Waals surface area contributed by atoms with E-state index in [2.05, 4.69) is 10.6 Å². The van der Waals surface area contributed by atoms with E-state index in [4.69, 9.17) is 11.6 Å². The summed E-state index contributed by atoms with van der Waals surface area (Å²) in [5.41, 5.74) is -2.30. The lowest BCUT2D eigenvalue weighted by Gasteiger charge is -2.37. The van der Waals surface area contributed by atoms with E-state index in [-0.39, 0.29) is 42.0 Å². The zero-order valence-electron chi connectivity index (χ0n) is 17.5. The molecule has 0 spiro atoms. The highest BCUT2D eigenvalue weighted by Gasteiger charge is 2.60. The SMILES string of the molecule is CC(=O)N[C@H]1C[C@H](C(=O)N[C@H](c2cc(O)cc(Cl)c2F)C23CCC(F)(CC2)C3)CC1(F)F. The second kappa shape index (κ2) is 7.78. The van der Waals surface area contributed by atoms with Gasteiger partial charge in [0.25, 0.3) is 5.92 Å². The molecule has 3 fully saturated rings. The second-order valence-corrected chi connectivity index (χ2v) is 10.0. The molecule has 0 unspecified atom stereocenters. The fraction of sp³-hybridized carbons (Fsp3) is 0.636. The van der Waals surface area contributed by atoms with E-state index in [9.17, 15) is 27.9 Å². The minimum atomic E-state index is -3.27. The van der Waals surface area contributed by atoms with E-state index in [0.29, 0.717) is 12.8 Å². The average Bonchev–Trinajstić information content (AvgIpc) is 3.31. The van der Waals surface area contributed by atoms with E-state index in [0.717, 1.165) is 19.1 Å². The maximum atomic E-state index is 15.0. The van der Waals surface area contributed by atoms with Crippen LogP contribution >= 0.6 is 11.6 Å². The number of rotatable bonds is 5. The van der Waals surface area contributed by atoms with Crippen LogP contribution in [0.25, 0.3) is 0 Å². The van der Waals surface area contributed by atoms with Crippen molar-refractivity contribution in [1.29, 1.82) is 0 Å². The normalized spacial score (nSPS) is 33.8. The number of aromatic hydroxyl groups is 1. The van der Waals surface area contributed by atoms with Gasteiger partial charge in [0.1, 0.15) is 17.2 Å². The minimum absolute atomic E-state index is 0.0855. The highest BCUT2D eigenvalue weighted by molar-refractivity contribution is 6.31. The van der Waals surface area contributed by atoms with Crippen LogP contribution in [0.5, 0.6) is 5.75 Å². The van der Waals surface area contributed by atoms with Gasteiger partial charge >= 0.3 is 0 Å². The Balaban J connectivity index is 1.64. The molecule has 0 heterocycles. The van der Waals surface area contributed by atoms with E-state index in [1.54, 1.807) is 0 Å². The van der Waals surface area contributed by atoms with E-state index in [1.807, 2.05) is 0 Å². The molecule has 3 N–H and O–H groups in total. The van der Waals surface area contributed by atoms with Crippen LogP contribution in [0.4, 0.5) is 17.6 Å². The fourth-order valence-electron chi connectivity index (χ4n) is 5.82. The lowest BCUT2D eigenvalue weighted by molar-refractivity contribution is -0.127. The Morgan fingerprint density at radius 1 is 1.19 bits per heavy atom. The van der Waals surface area contributed by atoms with Crippen molar-refractivity contribution < 1.29 is 32.3 Å². The number of hydrogen-bond donors (Lipinski definition) is 3. The standard InChI is InChI=1S/C22H25ClF4N2O3/c1-11(30)28-16-6-12(9-22(16,26)27)19(32)29-18(14-7-13(31)8-15(23)17(14)24)20-2-4-21(25,10-20)5-3-20/h7-8,12,16,18,31H,2-6,9-10H2,1H3,(H,28,30)(H,29,32)/t12-,16-,18+,20?,21?/m0/s1. The molecule has 10 heteroatoms. The van der Waals surface area contributed by atoms with Gasteiger partial charge in [0.15, 0.2) is 0 Å². The molecule has 1 aromatic carbocycles. The summed E-state index contributed by atoms with van der Waals surface area (Å²) in [7, 11) is 0. The molecule has 32 heavy (non-hydrogen) atoms. The molecule has 2 amide bonds. The molecule has 0 aromatic heterocycles. The van der Waals surface area contributed by atoms with Gasteiger partial charge in [-0.2, -0.15) is 0 Å². The van der Waals surface area contributed by atoms with Crippen LogP contribution in [0.3, 0.4) is 0 Å². The number of nitrogens with one attached hydrogen (secondary N) is 2. The predicted octanol–water partition coefficient (Wildman–Crippen LogP) is 4.56. The largest absolute Gasteiger partial charge is 0.508 e. The highest BCUT2D eigenvalue weighted by atomic mass is 35.5. The third kappa shape index (κ3) is 4.04. The first kappa shape index (κ1) is 23.1. The summed E-state index contributed by atoms with van der Waals surface area (Å²) < 4.78 is 58.7. The molecule has 2 bridgehead atoms. The van der Waals surface area contributed by atoms with Crippen LogP contribution < -0.4 is 10.6 Å². The summed E-state index contributed by atoms with van der Waals surface area (Å²) in [6, 6.07) is -0.347. The Morgan fingerprint density at radius 2 is 1.84 bits per heavy atom. The van der Waals surface area contributed by atoms with E-state index in [1.165, 1.54) is 0 Å². The van der Waals surface area contributed by atoms with Gasteiger partial charge in [-0.1, -0.05) is 11.6 Å². The lowest BCUT2D eigenvalue weighted by atomic mass is 9.74. The Morgan fingerprint density at radius 3 is 2.41 bits per heavy atom. The first-order valence-corrected chi connectivity index (χ1v) is 11.0. The zero-order chi connectivity index (χ0) is 23.5. The van der Waals surface area contributed by atoms with Crippen molar-refractivity contribution in [2.75, 3.05) is 0 Å². The molecule has 1 aromatic rings. The number of amides is 2. The topological polar surface area (TPSA) is 78.4 Å². The number of carbonyl (C=O) groups excluding carboxylic acids is 2. The monoisotopic (exact) mass is 476 g/mol. The Labute approximate surface area is 187 Å².